The maximum absolute atomic E-state index is 11.3. The number of sulfonamides is 1. The SMILES string of the molecule is CN(C)S(=O)(=O)CCNC(=O)C(N)CC(N)=O. The summed E-state index contributed by atoms with van der Waals surface area (Å²) in [6.07, 6.45) is -0.272. The molecule has 0 aliphatic heterocycles. The Morgan fingerprint density at radius 3 is 2.29 bits per heavy atom. The van der Waals surface area contributed by atoms with Crippen LogP contribution in [0, 0.1) is 0 Å². The van der Waals surface area contributed by atoms with Crippen LogP contribution in [0.1, 0.15) is 6.42 Å². The molecule has 0 aromatic rings. The predicted molar refractivity (Wildman–Crippen MR) is 62.3 cm³/mol. The molecule has 17 heavy (non-hydrogen) atoms. The van der Waals surface area contributed by atoms with Gasteiger partial charge in [-0.05, 0) is 0 Å². The number of carbonyl (C=O) groups is 2. The Balaban J connectivity index is 4.06. The minimum atomic E-state index is -3.36. The molecule has 9 heteroatoms. The second-order valence-electron chi connectivity index (χ2n) is 3.67. The van der Waals surface area contributed by atoms with E-state index in [1.54, 1.807) is 0 Å². The first-order chi connectivity index (χ1) is 7.66. The van der Waals surface area contributed by atoms with Crippen molar-refractivity contribution in [3.05, 3.63) is 0 Å². The van der Waals surface area contributed by atoms with Crippen molar-refractivity contribution < 1.29 is 18.0 Å². The van der Waals surface area contributed by atoms with Crippen molar-refractivity contribution in [1.82, 2.24) is 9.62 Å². The molecule has 0 spiro atoms. The third-order valence-electron chi connectivity index (χ3n) is 1.97. The first-order valence-electron chi connectivity index (χ1n) is 4.88. The van der Waals surface area contributed by atoms with Crippen LogP contribution in [0.25, 0.3) is 0 Å². The number of primary amides is 1. The van der Waals surface area contributed by atoms with Crippen LogP contribution in [0.4, 0.5) is 0 Å². The molecule has 0 radical (unpaired) electrons. The Morgan fingerprint density at radius 1 is 1.35 bits per heavy atom. The number of hydrogen-bond acceptors (Lipinski definition) is 5. The molecule has 0 rings (SSSR count). The molecule has 2 amide bonds. The Labute approximate surface area is 100 Å². The van der Waals surface area contributed by atoms with Crippen molar-refractivity contribution in [2.24, 2.45) is 11.5 Å². The van der Waals surface area contributed by atoms with Crippen LogP contribution in [0.15, 0.2) is 0 Å². The molecule has 0 heterocycles. The first kappa shape index (κ1) is 15.8. The van der Waals surface area contributed by atoms with E-state index in [4.69, 9.17) is 11.5 Å². The summed E-state index contributed by atoms with van der Waals surface area (Å²) in [4.78, 5) is 21.8. The highest BCUT2D eigenvalue weighted by Gasteiger charge is 2.17. The number of hydrogen-bond donors (Lipinski definition) is 3. The number of amides is 2. The summed E-state index contributed by atoms with van der Waals surface area (Å²) in [6, 6.07) is -1.05. The van der Waals surface area contributed by atoms with E-state index in [1.165, 1.54) is 14.1 Å². The Kier molecular flexibility index (Phi) is 6.07. The van der Waals surface area contributed by atoms with Gasteiger partial charge >= 0.3 is 0 Å². The minimum absolute atomic E-state index is 0.0637. The summed E-state index contributed by atoms with van der Waals surface area (Å²) in [6.45, 7) is -0.0637. The van der Waals surface area contributed by atoms with E-state index >= 15 is 0 Å². The molecule has 0 saturated heterocycles. The van der Waals surface area contributed by atoms with E-state index in [2.05, 4.69) is 5.32 Å². The topological polar surface area (TPSA) is 136 Å². The van der Waals surface area contributed by atoms with Gasteiger partial charge in [0.2, 0.25) is 21.8 Å². The van der Waals surface area contributed by atoms with Crippen LogP contribution < -0.4 is 16.8 Å². The molecule has 1 unspecified atom stereocenters. The minimum Gasteiger partial charge on any atom is -0.370 e. The number of nitrogens with one attached hydrogen (secondary N) is 1. The molecule has 0 bridgehead atoms. The number of nitrogens with two attached hydrogens (primary N) is 2. The van der Waals surface area contributed by atoms with Crippen LogP contribution in [-0.4, -0.2) is 57.0 Å². The van der Waals surface area contributed by atoms with Gasteiger partial charge in [0.05, 0.1) is 18.2 Å². The molecular formula is C8H18N4O4S. The lowest BCUT2D eigenvalue weighted by atomic mass is 10.2. The normalized spacial score (nSPS) is 13.4. The van der Waals surface area contributed by atoms with Gasteiger partial charge in [-0.25, -0.2) is 12.7 Å². The van der Waals surface area contributed by atoms with Crippen molar-refractivity contribution in [2.75, 3.05) is 26.4 Å². The molecule has 0 fully saturated rings. The summed E-state index contributed by atoms with van der Waals surface area (Å²) in [5.74, 6) is -1.51. The average Bonchev–Trinajstić information content (AvgIpc) is 2.15. The van der Waals surface area contributed by atoms with Gasteiger partial charge < -0.3 is 16.8 Å². The second-order valence-corrected chi connectivity index (χ2v) is 5.97. The van der Waals surface area contributed by atoms with E-state index < -0.39 is 27.9 Å². The summed E-state index contributed by atoms with van der Waals surface area (Å²) in [5.41, 5.74) is 10.2. The molecule has 0 aliphatic rings. The Morgan fingerprint density at radius 2 is 1.88 bits per heavy atom. The van der Waals surface area contributed by atoms with Crippen LogP contribution in [0.5, 0.6) is 0 Å². The monoisotopic (exact) mass is 266 g/mol. The maximum atomic E-state index is 11.3. The fourth-order valence-electron chi connectivity index (χ4n) is 0.926. The van der Waals surface area contributed by atoms with Crippen LogP contribution in [0.3, 0.4) is 0 Å². The number of rotatable bonds is 7. The molecule has 1 atom stereocenters. The zero-order valence-corrected chi connectivity index (χ0v) is 10.7. The number of nitrogens with zero attached hydrogens (tertiary/aromatic N) is 1. The van der Waals surface area contributed by atoms with Crippen molar-refractivity contribution in [3.8, 4) is 0 Å². The fraction of sp³-hybridized carbons (Fsp3) is 0.750. The zero-order chi connectivity index (χ0) is 13.6. The lowest BCUT2D eigenvalue weighted by molar-refractivity contribution is -0.126. The highest BCUT2D eigenvalue weighted by Crippen LogP contribution is 1.93. The quantitative estimate of drug-likeness (QED) is 0.457. The standard InChI is InChI=1S/C8H18N4O4S/c1-12(2)17(15,16)4-3-11-8(14)6(9)5-7(10)13/h6H,3-5,9H2,1-2H3,(H2,10,13)(H,11,14). The van der Waals surface area contributed by atoms with E-state index in [-0.39, 0.29) is 18.7 Å². The molecule has 0 aliphatic carbocycles. The lowest BCUT2D eigenvalue weighted by Crippen LogP contribution is -2.44. The highest BCUT2D eigenvalue weighted by molar-refractivity contribution is 7.89. The second kappa shape index (κ2) is 6.52. The molecular weight excluding hydrogens is 248 g/mol. The summed E-state index contributed by atoms with van der Waals surface area (Å²) in [5, 5.41) is 2.32. The predicted octanol–water partition coefficient (Wildman–Crippen LogP) is -2.80. The van der Waals surface area contributed by atoms with Gasteiger partial charge in [-0.3, -0.25) is 9.59 Å². The largest absolute Gasteiger partial charge is 0.370 e. The zero-order valence-electron chi connectivity index (χ0n) is 9.84. The Hall–Kier alpha value is -1.19. The van der Waals surface area contributed by atoms with Gasteiger partial charge in [0, 0.05) is 20.6 Å². The van der Waals surface area contributed by atoms with Crippen LogP contribution in [-0.2, 0) is 19.6 Å². The smallest absolute Gasteiger partial charge is 0.237 e. The van der Waals surface area contributed by atoms with E-state index in [1.807, 2.05) is 0 Å². The van der Waals surface area contributed by atoms with E-state index in [0.717, 1.165) is 4.31 Å². The Bertz CT molecular complexity index is 379. The fourth-order valence-corrected chi connectivity index (χ4v) is 1.65. The number of carbonyl (C=O) groups excluding carboxylic acids is 2. The molecule has 0 saturated carbocycles. The van der Waals surface area contributed by atoms with Gasteiger partial charge in [0.25, 0.3) is 0 Å². The summed E-state index contributed by atoms with van der Waals surface area (Å²) >= 11 is 0. The van der Waals surface area contributed by atoms with Crippen molar-refractivity contribution in [2.45, 2.75) is 12.5 Å². The van der Waals surface area contributed by atoms with Gasteiger partial charge in [-0.1, -0.05) is 0 Å². The van der Waals surface area contributed by atoms with E-state index in [0.29, 0.717) is 0 Å². The molecule has 0 aromatic heterocycles. The molecule has 5 N–H and O–H groups in total. The third kappa shape index (κ3) is 6.19. The van der Waals surface area contributed by atoms with Crippen molar-refractivity contribution >= 4 is 21.8 Å². The van der Waals surface area contributed by atoms with Gasteiger partial charge in [0.15, 0.2) is 0 Å². The third-order valence-corrected chi connectivity index (χ3v) is 3.81. The lowest BCUT2D eigenvalue weighted by Gasteiger charge is -2.13. The van der Waals surface area contributed by atoms with Gasteiger partial charge in [-0.15, -0.1) is 0 Å². The molecule has 0 aromatic carbocycles. The summed E-state index contributed by atoms with van der Waals surface area (Å²) in [7, 11) is -0.559. The van der Waals surface area contributed by atoms with Crippen molar-refractivity contribution in [3.63, 3.8) is 0 Å². The molecule has 100 valence electrons. The molecule has 8 nitrogen and oxygen atoms in total. The van der Waals surface area contributed by atoms with Gasteiger partial charge in [0.1, 0.15) is 0 Å². The van der Waals surface area contributed by atoms with Gasteiger partial charge in [-0.2, -0.15) is 0 Å². The highest BCUT2D eigenvalue weighted by atomic mass is 32.2. The van der Waals surface area contributed by atoms with Crippen LogP contribution >= 0.6 is 0 Å². The average molecular weight is 266 g/mol. The van der Waals surface area contributed by atoms with E-state index in [9.17, 15) is 18.0 Å². The first-order valence-corrected chi connectivity index (χ1v) is 6.49. The maximum Gasteiger partial charge on any atom is 0.237 e. The van der Waals surface area contributed by atoms with Crippen LogP contribution in [0.2, 0.25) is 0 Å². The summed E-state index contributed by atoms with van der Waals surface area (Å²) < 4.78 is 23.7. The van der Waals surface area contributed by atoms with Crippen molar-refractivity contribution in [1.29, 1.82) is 0 Å².